The average molecular weight is 256 g/mol. The van der Waals surface area contributed by atoms with Gasteiger partial charge in [-0.1, -0.05) is 18.2 Å². The smallest absolute Gasteiger partial charge is 0.0670 e. The van der Waals surface area contributed by atoms with E-state index >= 15 is 0 Å². The highest BCUT2D eigenvalue weighted by molar-refractivity contribution is 5.76. The van der Waals surface area contributed by atoms with Gasteiger partial charge in [-0.2, -0.15) is 5.10 Å². The Kier molecular flexibility index (Phi) is 3.03. The Hall–Kier alpha value is -1.81. The fourth-order valence-corrected chi connectivity index (χ4v) is 2.64. The second-order valence-electron chi connectivity index (χ2n) is 5.63. The Morgan fingerprint density at radius 1 is 1.21 bits per heavy atom. The molecule has 1 aromatic carbocycles. The van der Waals surface area contributed by atoms with Gasteiger partial charge in [0.15, 0.2) is 0 Å². The molecule has 1 aliphatic rings. The monoisotopic (exact) mass is 256 g/mol. The molecule has 0 saturated carbocycles. The van der Waals surface area contributed by atoms with E-state index in [2.05, 4.69) is 46.3 Å². The van der Waals surface area contributed by atoms with Crippen molar-refractivity contribution in [2.24, 2.45) is 5.73 Å². The summed E-state index contributed by atoms with van der Waals surface area (Å²) in [6.45, 7) is 4.17. The van der Waals surface area contributed by atoms with E-state index < -0.39 is 0 Å². The minimum atomic E-state index is -0.0145. The van der Waals surface area contributed by atoms with Crippen LogP contribution in [-0.4, -0.2) is 28.8 Å². The van der Waals surface area contributed by atoms with Crippen LogP contribution >= 0.6 is 0 Å². The van der Waals surface area contributed by atoms with E-state index in [1.165, 1.54) is 11.3 Å². The largest absolute Gasteiger partial charge is 0.371 e. The Labute approximate surface area is 113 Å². The third-order valence-corrected chi connectivity index (χ3v) is 3.94. The van der Waals surface area contributed by atoms with Gasteiger partial charge in [0, 0.05) is 36.1 Å². The maximum atomic E-state index is 6.21. The summed E-state index contributed by atoms with van der Waals surface area (Å²) in [5.41, 5.74) is 9.73. The number of hydrogen-bond acceptors (Lipinski definition) is 3. The Bertz CT molecular complexity index is 535. The number of piperidine rings is 1. The number of aromatic nitrogens is 2. The van der Waals surface area contributed by atoms with Crippen molar-refractivity contribution >= 4 is 5.69 Å². The van der Waals surface area contributed by atoms with Crippen molar-refractivity contribution in [2.75, 3.05) is 18.0 Å². The molecular formula is C15H20N4. The SMILES string of the molecule is CC1(N)CCN(c2ccccc2-c2ccn[nH]2)CC1. The molecule has 1 fully saturated rings. The molecule has 0 amide bonds. The second-order valence-corrected chi connectivity index (χ2v) is 5.63. The van der Waals surface area contributed by atoms with Crippen LogP contribution in [0.5, 0.6) is 0 Å². The van der Waals surface area contributed by atoms with Crippen molar-refractivity contribution < 1.29 is 0 Å². The summed E-state index contributed by atoms with van der Waals surface area (Å²) < 4.78 is 0. The fraction of sp³-hybridized carbons (Fsp3) is 0.400. The third-order valence-electron chi connectivity index (χ3n) is 3.94. The quantitative estimate of drug-likeness (QED) is 0.867. The first-order valence-electron chi connectivity index (χ1n) is 6.78. The normalized spacial score (nSPS) is 18.5. The van der Waals surface area contributed by atoms with Crippen LogP contribution in [0, 0.1) is 0 Å². The predicted molar refractivity (Wildman–Crippen MR) is 78.1 cm³/mol. The van der Waals surface area contributed by atoms with Gasteiger partial charge < -0.3 is 10.6 Å². The molecule has 4 nitrogen and oxygen atoms in total. The van der Waals surface area contributed by atoms with Gasteiger partial charge in [-0.25, -0.2) is 0 Å². The molecule has 3 rings (SSSR count). The lowest BCUT2D eigenvalue weighted by molar-refractivity contribution is 0.364. The zero-order chi connectivity index (χ0) is 13.3. The molecule has 100 valence electrons. The number of nitrogens with one attached hydrogen (secondary N) is 1. The summed E-state index contributed by atoms with van der Waals surface area (Å²) in [6.07, 6.45) is 3.86. The number of benzene rings is 1. The Morgan fingerprint density at radius 3 is 2.63 bits per heavy atom. The van der Waals surface area contributed by atoms with E-state index in [9.17, 15) is 0 Å². The van der Waals surface area contributed by atoms with E-state index in [0.717, 1.165) is 31.6 Å². The zero-order valence-electron chi connectivity index (χ0n) is 11.3. The maximum Gasteiger partial charge on any atom is 0.0670 e. The van der Waals surface area contributed by atoms with Crippen LogP contribution in [0.3, 0.4) is 0 Å². The lowest BCUT2D eigenvalue weighted by Crippen LogP contribution is -2.48. The topological polar surface area (TPSA) is 57.9 Å². The van der Waals surface area contributed by atoms with Gasteiger partial charge in [0.2, 0.25) is 0 Å². The van der Waals surface area contributed by atoms with Crippen molar-refractivity contribution in [3.8, 4) is 11.3 Å². The van der Waals surface area contributed by atoms with E-state index in [-0.39, 0.29) is 5.54 Å². The zero-order valence-corrected chi connectivity index (χ0v) is 11.3. The average Bonchev–Trinajstić information content (AvgIpc) is 2.93. The summed E-state index contributed by atoms with van der Waals surface area (Å²) in [7, 11) is 0. The second kappa shape index (κ2) is 4.70. The van der Waals surface area contributed by atoms with Crippen LogP contribution in [0.2, 0.25) is 0 Å². The lowest BCUT2D eigenvalue weighted by Gasteiger charge is -2.38. The van der Waals surface area contributed by atoms with Crippen molar-refractivity contribution in [1.82, 2.24) is 10.2 Å². The summed E-state index contributed by atoms with van der Waals surface area (Å²) in [6, 6.07) is 10.5. The number of anilines is 1. The number of nitrogens with two attached hydrogens (primary N) is 1. The van der Waals surface area contributed by atoms with Gasteiger partial charge in [-0.3, -0.25) is 5.10 Å². The lowest BCUT2D eigenvalue weighted by atomic mass is 9.90. The summed E-state index contributed by atoms with van der Waals surface area (Å²) in [5.74, 6) is 0. The number of para-hydroxylation sites is 1. The standard InChI is InChI=1S/C15H20N4/c1-15(16)7-10-19(11-8-15)14-5-3-2-4-12(14)13-6-9-17-18-13/h2-6,9H,7-8,10-11,16H2,1H3,(H,17,18). The van der Waals surface area contributed by atoms with Crippen molar-refractivity contribution in [2.45, 2.75) is 25.3 Å². The first kappa shape index (κ1) is 12.2. The van der Waals surface area contributed by atoms with Gasteiger partial charge in [0.25, 0.3) is 0 Å². The number of hydrogen-bond donors (Lipinski definition) is 2. The fourth-order valence-electron chi connectivity index (χ4n) is 2.64. The molecular weight excluding hydrogens is 236 g/mol. The predicted octanol–water partition coefficient (Wildman–Crippen LogP) is 2.39. The number of rotatable bonds is 2. The molecule has 2 heterocycles. The number of aromatic amines is 1. The van der Waals surface area contributed by atoms with Gasteiger partial charge in [-0.15, -0.1) is 0 Å². The van der Waals surface area contributed by atoms with E-state index in [4.69, 9.17) is 5.73 Å². The molecule has 2 aromatic rings. The van der Waals surface area contributed by atoms with E-state index in [0.29, 0.717) is 0 Å². The molecule has 19 heavy (non-hydrogen) atoms. The molecule has 0 aliphatic carbocycles. The summed E-state index contributed by atoms with van der Waals surface area (Å²) in [5, 5.41) is 7.09. The van der Waals surface area contributed by atoms with Crippen LogP contribution < -0.4 is 10.6 Å². The van der Waals surface area contributed by atoms with Crippen LogP contribution in [0.25, 0.3) is 11.3 Å². The highest BCUT2D eigenvalue weighted by atomic mass is 15.2. The maximum absolute atomic E-state index is 6.21. The van der Waals surface area contributed by atoms with E-state index in [1.54, 1.807) is 6.20 Å². The molecule has 1 aromatic heterocycles. The number of nitrogens with zero attached hydrogens (tertiary/aromatic N) is 2. The van der Waals surface area contributed by atoms with Gasteiger partial charge in [0.05, 0.1) is 5.69 Å². The molecule has 0 radical (unpaired) electrons. The molecule has 4 heteroatoms. The van der Waals surface area contributed by atoms with Crippen LogP contribution in [0.4, 0.5) is 5.69 Å². The first-order chi connectivity index (χ1) is 9.16. The molecule has 0 unspecified atom stereocenters. The van der Waals surface area contributed by atoms with E-state index in [1.807, 2.05) is 6.07 Å². The van der Waals surface area contributed by atoms with Crippen LogP contribution in [-0.2, 0) is 0 Å². The van der Waals surface area contributed by atoms with Crippen LogP contribution in [0.1, 0.15) is 19.8 Å². The number of H-pyrrole nitrogens is 1. The van der Waals surface area contributed by atoms with Crippen LogP contribution in [0.15, 0.2) is 36.5 Å². The molecule has 1 saturated heterocycles. The first-order valence-corrected chi connectivity index (χ1v) is 6.78. The third kappa shape index (κ3) is 2.49. The minimum absolute atomic E-state index is 0.0145. The molecule has 3 N–H and O–H groups in total. The van der Waals surface area contributed by atoms with Gasteiger partial charge in [0.1, 0.15) is 0 Å². The van der Waals surface area contributed by atoms with Crippen molar-refractivity contribution in [1.29, 1.82) is 0 Å². The summed E-state index contributed by atoms with van der Waals surface area (Å²) in [4.78, 5) is 2.42. The molecule has 1 aliphatic heterocycles. The van der Waals surface area contributed by atoms with Gasteiger partial charge >= 0.3 is 0 Å². The highest BCUT2D eigenvalue weighted by Crippen LogP contribution is 2.32. The molecule has 0 bridgehead atoms. The van der Waals surface area contributed by atoms with Crippen molar-refractivity contribution in [3.05, 3.63) is 36.5 Å². The van der Waals surface area contributed by atoms with Crippen molar-refractivity contribution in [3.63, 3.8) is 0 Å². The molecule has 0 atom stereocenters. The molecule has 0 spiro atoms. The van der Waals surface area contributed by atoms with Gasteiger partial charge in [-0.05, 0) is 31.9 Å². The highest BCUT2D eigenvalue weighted by Gasteiger charge is 2.26. The summed E-state index contributed by atoms with van der Waals surface area (Å²) >= 11 is 0. The Balaban J connectivity index is 1.90. The minimum Gasteiger partial charge on any atom is -0.371 e. The Morgan fingerprint density at radius 2 is 1.95 bits per heavy atom.